The van der Waals surface area contributed by atoms with E-state index in [-0.39, 0.29) is 0 Å². The molecular formula is C21H13NOS. The number of rotatable bonds is 2. The number of pyridine rings is 1. The van der Waals surface area contributed by atoms with Gasteiger partial charge in [0.15, 0.2) is 5.58 Å². The number of para-hydroxylation sites is 1. The van der Waals surface area contributed by atoms with Gasteiger partial charge in [0, 0.05) is 21.9 Å². The lowest BCUT2D eigenvalue weighted by atomic mass is 10.0. The van der Waals surface area contributed by atoms with E-state index in [1.807, 2.05) is 24.3 Å². The minimum Gasteiger partial charge on any atom is -0.454 e. The SMILES string of the molecule is c1ccc(-c2cc(-c3ccsc3)nc3c2oc2ccccc23)cc1. The number of fused-ring (bicyclic) bond motifs is 3. The molecule has 3 aromatic heterocycles. The summed E-state index contributed by atoms with van der Waals surface area (Å²) in [4.78, 5) is 4.90. The normalized spacial score (nSPS) is 11.3. The van der Waals surface area contributed by atoms with Crippen LogP contribution >= 0.6 is 11.3 Å². The molecule has 0 saturated heterocycles. The molecule has 3 heterocycles. The summed E-state index contributed by atoms with van der Waals surface area (Å²) < 4.78 is 6.15. The number of thiophene rings is 1. The van der Waals surface area contributed by atoms with Crippen molar-refractivity contribution in [2.75, 3.05) is 0 Å². The Morgan fingerprint density at radius 2 is 1.67 bits per heavy atom. The van der Waals surface area contributed by atoms with Gasteiger partial charge in [-0.05, 0) is 35.2 Å². The van der Waals surface area contributed by atoms with Crippen LogP contribution in [0.25, 0.3) is 44.5 Å². The molecule has 0 aliphatic rings. The Hall–Kier alpha value is -2.91. The van der Waals surface area contributed by atoms with Crippen molar-refractivity contribution in [3.8, 4) is 22.4 Å². The molecule has 2 aromatic carbocycles. The highest BCUT2D eigenvalue weighted by Gasteiger charge is 2.16. The standard InChI is InChI=1S/C21H13NOS/c1-2-6-14(7-3-1)17-12-18(15-10-11-24-13-15)22-20-16-8-4-5-9-19(16)23-21(17)20/h1-13H. The molecule has 5 rings (SSSR count). The van der Waals surface area contributed by atoms with E-state index in [4.69, 9.17) is 9.40 Å². The molecular weight excluding hydrogens is 314 g/mol. The number of hydrogen-bond acceptors (Lipinski definition) is 3. The maximum Gasteiger partial charge on any atom is 0.161 e. The fraction of sp³-hybridized carbons (Fsp3) is 0. The van der Waals surface area contributed by atoms with Crippen molar-refractivity contribution in [2.24, 2.45) is 0 Å². The van der Waals surface area contributed by atoms with Crippen molar-refractivity contribution in [1.82, 2.24) is 4.98 Å². The van der Waals surface area contributed by atoms with Gasteiger partial charge in [0.05, 0.1) is 5.69 Å². The van der Waals surface area contributed by atoms with Crippen LogP contribution in [0.4, 0.5) is 0 Å². The van der Waals surface area contributed by atoms with Crippen molar-refractivity contribution >= 4 is 33.4 Å². The highest BCUT2D eigenvalue weighted by Crippen LogP contribution is 2.37. The number of aromatic nitrogens is 1. The molecule has 0 spiro atoms. The van der Waals surface area contributed by atoms with Crippen molar-refractivity contribution in [3.63, 3.8) is 0 Å². The molecule has 5 aromatic rings. The highest BCUT2D eigenvalue weighted by atomic mass is 32.1. The summed E-state index contributed by atoms with van der Waals surface area (Å²) in [6.45, 7) is 0. The monoisotopic (exact) mass is 327 g/mol. The van der Waals surface area contributed by atoms with E-state index in [1.165, 1.54) is 0 Å². The average Bonchev–Trinajstić information content (AvgIpc) is 3.29. The van der Waals surface area contributed by atoms with Crippen LogP contribution in [0.5, 0.6) is 0 Å². The van der Waals surface area contributed by atoms with Gasteiger partial charge in [-0.1, -0.05) is 42.5 Å². The van der Waals surface area contributed by atoms with Crippen LogP contribution in [-0.4, -0.2) is 4.98 Å². The van der Waals surface area contributed by atoms with E-state index in [1.54, 1.807) is 11.3 Å². The quantitative estimate of drug-likeness (QED) is 0.376. The Morgan fingerprint density at radius 3 is 2.50 bits per heavy atom. The van der Waals surface area contributed by atoms with E-state index in [0.717, 1.165) is 44.5 Å². The van der Waals surface area contributed by atoms with Gasteiger partial charge in [-0.3, -0.25) is 0 Å². The minimum absolute atomic E-state index is 0.848. The van der Waals surface area contributed by atoms with Crippen LogP contribution in [0.15, 0.2) is 81.9 Å². The summed E-state index contributed by atoms with van der Waals surface area (Å²) in [5, 5.41) is 5.27. The molecule has 0 amide bonds. The predicted molar refractivity (Wildman–Crippen MR) is 100 cm³/mol. The third kappa shape index (κ3) is 2.06. The molecule has 2 nitrogen and oxygen atoms in total. The van der Waals surface area contributed by atoms with Gasteiger partial charge in [0.2, 0.25) is 0 Å². The van der Waals surface area contributed by atoms with Crippen molar-refractivity contribution in [2.45, 2.75) is 0 Å². The second-order valence-electron chi connectivity index (χ2n) is 5.71. The molecule has 0 radical (unpaired) electrons. The van der Waals surface area contributed by atoms with E-state index in [0.29, 0.717) is 0 Å². The Morgan fingerprint density at radius 1 is 0.833 bits per heavy atom. The summed E-state index contributed by atoms with van der Waals surface area (Å²) in [6, 6.07) is 22.7. The zero-order chi connectivity index (χ0) is 15.9. The summed E-state index contributed by atoms with van der Waals surface area (Å²) >= 11 is 1.68. The van der Waals surface area contributed by atoms with Crippen LogP contribution in [0.1, 0.15) is 0 Å². The van der Waals surface area contributed by atoms with Gasteiger partial charge in [-0.15, -0.1) is 0 Å². The van der Waals surface area contributed by atoms with E-state index in [2.05, 4.69) is 53.2 Å². The minimum atomic E-state index is 0.848. The number of hydrogen-bond donors (Lipinski definition) is 0. The Bertz CT molecular complexity index is 1140. The molecule has 0 N–H and O–H groups in total. The summed E-state index contributed by atoms with van der Waals surface area (Å²) in [7, 11) is 0. The predicted octanol–water partition coefficient (Wildman–Crippen LogP) is 6.38. The topological polar surface area (TPSA) is 26.0 Å². The Kier molecular flexibility index (Phi) is 3.00. The van der Waals surface area contributed by atoms with Gasteiger partial charge < -0.3 is 4.42 Å². The van der Waals surface area contributed by atoms with E-state index < -0.39 is 0 Å². The van der Waals surface area contributed by atoms with Crippen molar-refractivity contribution < 1.29 is 4.42 Å². The van der Waals surface area contributed by atoms with E-state index in [9.17, 15) is 0 Å². The number of nitrogens with zero attached hydrogens (tertiary/aromatic N) is 1. The molecule has 0 aliphatic heterocycles. The molecule has 24 heavy (non-hydrogen) atoms. The highest BCUT2D eigenvalue weighted by molar-refractivity contribution is 7.08. The third-order valence-corrected chi connectivity index (χ3v) is 4.91. The summed E-state index contributed by atoms with van der Waals surface area (Å²) in [6.07, 6.45) is 0. The summed E-state index contributed by atoms with van der Waals surface area (Å²) in [5.41, 5.74) is 6.99. The first-order valence-corrected chi connectivity index (χ1v) is 8.75. The largest absolute Gasteiger partial charge is 0.454 e. The van der Waals surface area contributed by atoms with Gasteiger partial charge in [0.1, 0.15) is 11.1 Å². The third-order valence-electron chi connectivity index (χ3n) is 4.23. The first kappa shape index (κ1) is 13.5. The molecule has 0 unspecified atom stereocenters. The molecule has 0 bridgehead atoms. The molecule has 0 atom stereocenters. The number of benzene rings is 2. The zero-order valence-corrected chi connectivity index (χ0v) is 13.6. The van der Waals surface area contributed by atoms with Crippen LogP contribution in [0.3, 0.4) is 0 Å². The Balaban J connectivity index is 1.92. The molecule has 0 saturated carbocycles. The van der Waals surface area contributed by atoms with Gasteiger partial charge in [-0.2, -0.15) is 11.3 Å². The Labute approximate surface area is 143 Å². The van der Waals surface area contributed by atoms with Gasteiger partial charge >= 0.3 is 0 Å². The van der Waals surface area contributed by atoms with E-state index >= 15 is 0 Å². The molecule has 3 heteroatoms. The first-order valence-electron chi connectivity index (χ1n) is 7.80. The lowest BCUT2D eigenvalue weighted by Crippen LogP contribution is -1.86. The lowest BCUT2D eigenvalue weighted by molar-refractivity contribution is 0.669. The van der Waals surface area contributed by atoms with Crippen LogP contribution < -0.4 is 0 Å². The molecule has 0 aliphatic carbocycles. The second kappa shape index (κ2) is 5.32. The fourth-order valence-electron chi connectivity index (χ4n) is 3.07. The smallest absolute Gasteiger partial charge is 0.161 e. The van der Waals surface area contributed by atoms with Gasteiger partial charge in [-0.25, -0.2) is 4.98 Å². The maximum absolute atomic E-state index is 6.15. The second-order valence-corrected chi connectivity index (χ2v) is 6.49. The molecule has 114 valence electrons. The maximum atomic E-state index is 6.15. The fourth-order valence-corrected chi connectivity index (χ4v) is 3.72. The summed E-state index contributed by atoms with van der Waals surface area (Å²) in [5.74, 6) is 0. The van der Waals surface area contributed by atoms with Crippen LogP contribution in [-0.2, 0) is 0 Å². The van der Waals surface area contributed by atoms with Crippen molar-refractivity contribution in [3.05, 3.63) is 77.5 Å². The van der Waals surface area contributed by atoms with Crippen LogP contribution in [0.2, 0.25) is 0 Å². The zero-order valence-electron chi connectivity index (χ0n) is 12.8. The van der Waals surface area contributed by atoms with Crippen molar-refractivity contribution in [1.29, 1.82) is 0 Å². The van der Waals surface area contributed by atoms with Crippen LogP contribution in [0, 0.1) is 0 Å². The number of furan rings is 1. The lowest BCUT2D eigenvalue weighted by Gasteiger charge is -2.05. The molecule has 0 fully saturated rings. The first-order chi connectivity index (χ1) is 11.9. The van der Waals surface area contributed by atoms with Gasteiger partial charge in [0.25, 0.3) is 0 Å². The average molecular weight is 327 g/mol.